The molecule has 1 aliphatic heterocycles. The number of carbonyl (C=O) groups is 2. The Morgan fingerprint density at radius 3 is 2.62 bits per heavy atom. The standard InChI is InChI=1S/C18H25NO5/c1-12(2)24-15-10-13(23-4)6-7-14(15)16(20)19-9-5-8-18(3,11-19)17(21)22/h6-7,10,12H,5,8-9,11H2,1-4H3,(H,21,22). The van der Waals surface area contributed by atoms with Gasteiger partial charge in [-0.15, -0.1) is 0 Å². The largest absolute Gasteiger partial charge is 0.497 e. The van der Waals surface area contributed by atoms with Crippen LogP contribution in [0.15, 0.2) is 18.2 Å². The quantitative estimate of drug-likeness (QED) is 0.895. The number of benzene rings is 1. The Kier molecular flexibility index (Phi) is 5.36. The monoisotopic (exact) mass is 335 g/mol. The van der Waals surface area contributed by atoms with E-state index in [-0.39, 0.29) is 18.6 Å². The molecular formula is C18H25NO5. The molecule has 0 radical (unpaired) electrons. The first-order valence-corrected chi connectivity index (χ1v) is 8.14. The van der Waals surface area contributed by atoms with Crippen LogP contribution in [0, 0.1) is 5.41 Å². The number of nitrogens with zero attached hydrogens (tertiary/aromatic N) is 1. The van der Waals surface area contributed by atoms with Crippen molar-refractivity contribution in [3.63, 3.8) is 0 Å². The van der Waals surface area contributed by atoms with E-state index in [1.165, 1.54) is 0 Å². The zero-order chi connectivity index (χ0) is 17.9. The smallest absolute Gasteiger partial charge is 0.311 e. The summed E-state index contributed by atoms with van der Waals surface area (Å²) in [6, 6.07) is 5.07. The van der Waals surface area contributed by atoms with E-state index >= 15 is 0 Å². The van der Waals surface area contributed by atoms with Crippen molar-refractivity contribution in [2.75, 3.05) is 20.2 Å². The molecule has 1 aliphatic rings. The number of carbonyl (C=O) groups excluding carboxylic acids is 1. The Bertz CT molecular complexity index is 628. The summed E-state index contributed by atoms with van der Waals surface area (Å²) < 4.78 is 11.0. The molecule has 6 heteroatoms. The summed E-state index contributed by atoms with van der Waals surface area (Å²) in [4.78, 5) is 26.0. The molecule has 24 heavy (non-hydrogen) atoms. The van der Waals surface area contributed by atoms with Gasteiger partial charge in [-0.1, -0.05) is 0 Å². The maximum Gasteiger partial charge on any atom is 0.311 e. The molecule has 1 aromatic rings. The maximum atomic E-state index is 12.9. The Morgan fingerprint density at radius 2 is 2.04 bits per heavy atom. The highest BCUT2D eigenvalue weighted by atomic mass is 16.5. The minimum absolute atomic E-state index is 0.0886. The van der Waals surface area contributed by atoms with Crippen molar-refractivity contribution in [1.82, 2.24) is 4.90 Å². The molecule has 0 aliphatic carbocycles. The zero-order valence-electron chi connectivity index (χ0n) is 14.7. The molecule has 1 saturated heterocycles. The lowest BCUT2D eigenvalue weighted by Gasteiger charge is -2.37. The van der Waals surface area contributed by atoms with Gasteiger partial charge in [0.1, 0.15) is 11.5 Å². The average Bonchev–Trinajstić information content (AvgIpc) is 2.53. The highest BCUT2D eigenvalue weighted by molar-refractivity contribution is 5.97. The van der Waals surface area contributed by atoms with Crippen LogP contribution in [-0.4, -0.2) is 48.2 Å². The van der Waals surface area contributed by atoms with Crippen molar-refractivity contribution in [2.45, 2.75) is 39.7 Å². The molecule has 1 fully saturated rings. The molecule has 1 atom stereocenters. The van der Waals surface area contributed by atoms with Crippen LogP contribution in [0.1, 0.15) is 44.0 Å². The Hall–Kier alpha value is -2.24. The Labute approximate surface area is 142 Å². The summed E-state index contributed by atoms with van der Waals surface area (Å²) in [6.07, 6.45) is 1.16. The third-order valence-corrected chi connectivity index (χ3v) is 4.28. The summed E-state index contributed by atoms with van der Waals surface area (Å²) >= 11 is 0. The molecule has 132 valence electrons. The zero-order valence-corrected chi connectivity index (χ0v) is 14.7. The van der Waals surface area contributed by atoms with E-state index in [9.17, 15) is 14.7 Å². The van der Waals surface area contributed by atoms with Crippen molar-refractivity contribution >= 4 is 11.9 Å². The van der Waals surface area contributed by atoms with Crippen LogP contribution in [0.2, 0.25) is 0 Å². The molecule has 1 unspecified atom stereocenters. The Morgan fingerprint density at radius 1 is 1.33 bits per heavy atom. The molecule has 1 heterocycles. The third kappa shape index (κ3) is 3.80. The van der Waals surface area contributed by atoms with Gasteiger partial charge in [0.2, 0.25) is 0 Å². The van der Waals surface area contributed by atoms with Crippen LogP contribution in [-0.2, 0) is 4.79 Å². The molecule has 6 nitrogen and oxygen atoms in total. The third-order valence-electron chi connectivity index (χ3n) is 4.28. The summed E-state index contributed by atoms with van der Waals surface area (Å²) in [5, 5.41) is 9.43. The number of ether oxygens (including phenoxy) is 2. The summed E-state index contributed by atoms with van der Waals surface area (Å²) in [6.45, 7) is 6.21. The van der Waals surface area contributed by atoms with Crippen LogP contribution >= 0.6 is 0 Å². The van der Waals surface area contributed by atoms with Crippen molar-refractivity contribution in [1.29, 1.82) is 0 Å². The number of amides is 1. The van der Waals surface area contributed by atoms with Gasteiger partial charge in [-0.05, 0) is 45.7 Å². The predicted molar refractivity (Wildman–Crippen MR) is 89.6 cm³/mol. The summed E-state index contributed by atoms with van der Waals surface area (Å²) in [7, 11) is 1.55. The second-order valence-corrected chi connectivity index (χ2v) is 6.72. The van der Waals surface area contributed by atoms with Gasteiger partial charge in [0.05, 0.1) is 24.2 Å². The number of likely N-dealkylation sites (tertiary alicyclic amines) is 1. The van der Waals surface area contributed by atoms with Gasteiger partial charge in [0.25, 0.3) is 5.91 Å². The number of piperidine rings is 1. The molecule has 0 aromatic heterocycles. The van der Waals surface area contributed by atoms with Gasteiger partial charge in [-0.2, -0.15) is 0 Å². The van der Waals surface area contributed by atoms with Gasteiger partial charge in [-0.3, -0.25) is 9.59 Å². The SMILES string of the molecule is COc1ccc(C(=O)N2CCCC(C)(C(=O)O)C2)c(OC(C)C)c1. The van der Waals surface area contributed by atoms with Crippen molar-refractivity contribution < 1.29 is 24.2 Å². The summed E-state index contributed by atoms with van der Waals surface area (Å²) in [5.74, 6) is -0.0120. The molecule has 1 aromatic carbocycles. The molecule has 0 spiro atoms. The predicted octanol–water partition coefficient (Wildman–Crippen LogP) is 2.81. The van der Waals surface area contributed by atoms with E-state index < -0.39 is 11.4 Å². The van der Waals surface area contributed by atoms with Crippen LogP contribution in [0.4, 0.5) is 0 Å². The summed E-state index contributed by atoms with van der Waals surface area (Å²) in [5.41, 5.74) is -0.474. The van der Waals surface area contributed by atoms with Gasteiger partial charge in [-0.25, -0.2) is 0 Å². The molecule has 1 amide bonds. The maximum absolute atomic E-state index is 12.9. The second kappa shape index (κ2) is 7.11. The number of carboxylic acids is 1. The first-order chi connectivity index (χ1) is 11.3. The number of methoxy groups -OCH3 is 1. The second-order valence-electron chi connectivity index (χ2n) is 6.72. The van der Waals surface area contributed by atoms with E-state index in [0.29, 0.717) is 36.4 Å². The normalized spacial score (nSPS) is 20.8. The molecule has 0 saturated carbocycles. The highest BCUT2D eigenvalue weighted by Gasteiger charge is 2.40. The van der Waals surface area contributed by atoms with Crippen molar-refractivity contribution in [3.05, 3.63) is 23.8 Å². The molecule has 1 N–H and O–H groups in total. The average molecular weight is 335 g/mol. The first-order valence-electron chi connectivity index (χ1n) is 8.14. The minimum atomic E-state index is -0.903. The Balaban J connectivity index is 2.30. The van der Waals surface area contributed by atoms with Crippen LogP contribution in [0.25, 0.3) is 0 Å². The number of aliphatic carboxylic acids is 1. The lowest BCUT2D eigenvalue weighted by atomic mass is 9.82. The fourth-order valence-electron chi connectivity index (χ4n) is 2.92. The van der Waals surface area contributed by atoms with Crippen molar-refractivity contribution in [2.24, 2.45) is 5.41 Å². The fraction of sp³-hybridized carbons (Fsp3) is 0.556. The van der Waals surface area contributed by atoms with E-state index in [4.69, 9.17) is 9.47 Å². The lowest BCUT2D eigenvalue weighted by Crippen LogP contribution is -2.48. The van der Waals surface area contributed by atoms with Crippen LogP contribution < -0.4 is 9.47 Å². The minimum Gasteiger partial charge on any atom is -0.497 e. The molecular weight excluding hydrogens is 310 g/mol. The van der Waals surface area contributed by atoms with E-state index in [2.05, 4.69) is 0 Å². The van der Waals surface area contributed by atoms with Gasteiger partial charge >= 0.3 is 5.97 Å². The number of carboxylic acid groups (broad SMARTS) is 1. The molecule has 2 rings (SSSR count). The first kappa shape index (κ1) is 18.1. The fourth-order valence-corrected chi connectivity index (χ4v) is 2.92. The topological polar surface area (TPSA) is 76.1 Å². The lowest BCUT2D eigenvalue weighted by molar-refractivity contribution is -0.150. The molecule has 0 bridgehead atoms. The number of rotatable bonds is 5. The number of hydrogen-bond donors (Lipinski definition) is 1. The van der Waals surface area contributed by atoms with Crippen LogP contribution in [0.3, 0.4) is 0 Å². The van der Waals surface area contributed by atoms with Gasteiger partial charge in [0, 0.05) is 19.2 Å². The highest BCUT2D eigenvalue weighted by Crippen LogP contribution is 2.33. The van der Waals surface area contributed by atoms with E-state index in [1.54, 1.807) is 37.1 Å². The van der Waals surface area contributed by atoms with E-state index in [1.807, 2.05) is 13.8 Å². The van der Waals surface area contributed by atoms with Gasteiger partial charge < -0.3 is 19.5 Å². The van der Waals surface area contributed by atoms with E-state index in [0.717, 1.165) is 0 Å². The van der Waals surface area contributed by atoms with Gasteiger partial charge in [0.15, 0.2) is 0 Å². The number of hydrogen-bond acceptors (Lipinski definition) is 4. The van der Waals surface area contributed by atoms with Crippen LogP contribution in [0.5, 0.6) is 11.5 Å². The van der Waals surface area contributed by atoms with Crippen molar-refractivity contribution in [3.8, 4) is 11.5 Å².